The van der Waals surface area contributed by atoms with Gasteiger partial charge in [0.2, 0.25) is 0 Å². The molecule has 0 aliphatic carbocycles. The van der Waals surface area contributed by atoms with Gasteiger partial charge in [-0.3, -0.25) is 4.79 Å². The lowest BCUT2D eigenvalue weighted by Gasteiger charge is -2.12. The van der Waals surface area contributed by atoms with Crippen LogP contribution in [0.5, 0.6) is 0 Å². The van der Waals surface area contributed by atoms with E-state index in [-0.39, 0.29) is 6.54 Å². The molecule has 1 unspecified atom stereocenters. The maximum absolute atomic E-state index is 12.5. The van der Waals surface area contributed by atoms with Crippen LogP contribution in [0.15, 0.2) is 24.3 Å². The van der Waals surface area contributed by atoms with Crippen LogP contribution in [-0.2, 0) is 11.5 Å². The van der Waals surface area contributed by atoms with E-state index < -0.39 is 18.6 Å². The van der Waals surface area contributed by atoms with Gasteiger partial charge < -0.3 is 10.8 Å². The summed E-state index contributed by atoms with van der Waals surface area (Å²) >= 11 is 0. The van der Waals surface area contributed by atoms with E-state index in [1.54, 1.807) is 24.3 Å². The summed E-state index contributed by atoms with van der Waals surface area (Å²) in [5.41, 5.74) is 6.18. The molecule has 3 nitrogen and oxygen atoms in total. The third-order valence-corrected chi connectivity index (χ3v) is 2.11. The summed E-state index contributed by atoms with van der Waals surface area (Å²) in [5, 5.41) is 8.84. The number of aliphatic carboxylic acids is 1. The average molecular weight is 197 g/mol. The molecule has 0 radical (unpaired) electrons. The monoisotopic (exact) mass is 197 g/mol. The normalized spacial score (nSPS) is 12.4. The quantitative estimate of drug-likeness (QED) is 0.764. The van der Waals surface area contributed by atoms with Crippen LogP contribution in [0.4, 0.5) is 4.39 Å². The Kier molecular flexibility index (Phi) is 3.59. The van der Waals surface area contributed by atoms with Gasteiger partial charge in [-0.25, -0.2) is 4.39 Å². The highest BCUT2D eigenvalue weighted by atomic mass is 19.1. The summed E-state index contributed by atoms with van der Waals surface area (Å²) in [6, 6.07) is 6.52. The maximum atomic E-state index is 12.5. The Morgan fingerprint density at radius 2 is 2.14 bits per heavy atom. The Bertz CT molecular complexity index is 328. The van der Waals surface area contributed by atoms with E-state index in [2.05, 4.69) is 0 Å². The Labute approximate surface area is 81.4 Å². The molecule has 0 amide bonds. The third kappa shape index (κ3) is 2.09. The number of carboxylic acids is 1. The van der Waals surface area contributed by atoms with Crippen molar-refractivity contribution in [2.45, 2.75) is 12.6 Å². The minimum absolute atomic E-state index is 0.0215. The number of carbonyl (C=O) groups is 1. The molecule has 4 heteroatoms. The van der Waals surface area contributed by atoms with Crippen molar-refractivity contribution in [3.63, 3.8) is 0 Å². The number of halogens is 1. The summed E-state index contributed by atoms with van der Waals surface area (Å²) in [5.74, 6) is -1.84. The Balaban J connectivity index is 3.08. The van der Waals surface area contributed by atoms with Crippen molar-refractivity contribution in [1.29, 1.82) is 0 Å². The lowest BCUT2D eigenvalue weighted by Crippen LogP contribution is -2.22. The van der Waals surface area contributed by atoms with Crippen molar-refractivity contribution in [1.82, 2.24) is 0 Å². The first-order chi connectivity index (χ1) is 6.70. The number of nitrogens with two attached hydrogens (primary N) is 1. The smallest absolute Gasteiger partial charge is 0.312 e. The van der Waals surface area contributed by atoms with Gasteiger partial charge in [-0.05, 0) is 11.1 Å². The lowest BCUT2D eigenvalue weighted by atomic mass is 9.95. The fourth-order valence-corrected chi connectivity index (χ4v) is 1.36. The third-order valence-electron chi connectivity index (χ3n) is 2.11. The average Bonchev–Trinajstić information content (AvgIpc) is 2.19. The number of hydrogen-bond donors (Lipinski definition) is 2. The van der Waals surface area contributed by atoms with E-state index >= 15 is 0 Å². The highest BCUT2D eigenvalue weighted by Gasteiger charge is 2.20. The largest absolute Gasteiger partial charge is 0.481 e. The molecule has 1 aromatic rings. The Morgan fingerprint density at radius 1 is 1.50 bits per heavy atom. The zero-order valence-corrected chi connectivity index (χ0v) is 7.61. The van der Waals surface area contributed by atoms with Gasteiger partial charge in [-0.1, -0.05) is 24.3 Å². The molecule has 76 valence electrons. The van der Waals surface area contributed by atoms with Gasteiger partial charge in [0, 0.05) is 6.54 Å². The highest BCUT2D eigenvalue weighted by molar-refractivity contribution is 5.76. The number of carboxylic acid groups (broad SMARTS) is 1. The van der Waals surface area contributed by atoms with Crippen LogP contribution in [0, 0.1) is 0 Å². The van der Waals surface area contributed by atoms with Crippen LogP contribution in [-0.4, -0.2) is 17.6 Å². The number of hydrogen-bond acceptors (Lipinski definition) is 2. The van der Waals surface area contributed by atoms with E-state index in [1.165, 1.54) is 0 Å². The van der Waals surface area contributed by atoms with Crippen LogP contribution in [0.25, 0.3) is 0 Å². The van der Waals surface area contributed by atoms with Gasteiger partial charge in [0.25, 0.3) is 0 Å². The lowest BCUT2D eigenvalue weighted by molar-refractivity contribution is -0.138. The molecule has 1 rings (SSSR count). The topological polar surface area (TPSA) is 63.3 Å². The molecule has 1 aromatic carbocycles. The SMILES string of the molecule is NCC(C(=O)O)c1ccccc1CF. The molecular formula is C10H12FNO2. The molecule has 0 spiro atoms. The molecule has 0 fully saturated rings. The zero-order valence-electron chi connectivity index (χ0n) is 7.61. The minimum atomic E-state index is -1.02. The first-order valence-corrected chi connectivity index (χ1v) is 4.27. The van der Waals surface area contributed by atoms with Gasteiger partial charge in [-0.2, -0.15) is 0 Å². The molecule has 0 aliphatic heterocycles. The predicted molar refractivity (Wildman–Crippen MR) is 50.7 cm³/mol. The van der Waals surface area contributed by atoms with Crippen LogP contribution in [0.1, 0.15) is 17.0 Å². The van der Waals surface area contributed by atoms with Gasteiger partial charge in [-0.15, -0.1) is 0 Å². The zero-order chi connectivity index (χ0) is 10.6. The summed E-state index contributed by atoms with van der Waals surface area (Å²) in [6.45, 7) is -0.688. The molecule has 0 bridgehead atoms. The number of rotatable bonds is 4. The minimum Gasteiger partial charge on any atom is -0.481 e. The first kappa shape index (κ1) is 10.7. The summed E-state index contributed by atoms with van der Waals surface area (Å²) < 4.78 is 12.5. The molecule has 0 aliphatic rings. The van der Waals surface area contributed by atoms with Crippen molar-refractivity contribution in [2.75, 3.05) is 6.54 Å². The van der Waals surface area contributed by atoms with Crippen molar-refractivity contribution < 1.29 is 14.3 Å². The van der Waals surface area contributed by atoms with E-state index in [0.29, 0.717) is 11.1 Å². The van der Waals surface area contributed by atoms with Gasteiger partial charge in [0.15, 0.2) is 0 Å². The van der Waals surface area contributed by atoms with Crippen LogP contribution < -0.4 is 5.73 Å². The van der Waals surface area contributed by atoms with E-state index in [0.717, 1.165) is 0 Å². The Hall–Kier alpha value is -1.42. The molecule has 3 N–H and O–H groups in total. The second kappa shape index (κ2) is 4.72. The van der Waals surface area contributed by atoms with Crippen molar-refractivity contribution >= 4 is 5.97 Å². The van der Waals surface area contributed by atoms with E-state index in [1.807, 2.05) is 0 Å². The van der Waals surface area contributed by atoms with Gasteiger partial charge >= 0.3 is 5.97 Å². The highest BCUT2D eigenvalue weighted by Crippen LogP contribution is 2.20. The summed E-state index contributed by atoms with van der Waals surface area (Å²) in [7, 11) is 0. The Morgan fingerprint density at radius 3 is 2.64 bits per heavy atom. The van der Waals surface area contributed by atoms with Crippen molar-refractivity contribution in [3.8, 4) is 0 Å². The second-order valence-corrected chi connectivity index (χ2v) is 2.96. The maximum Gasteiger partial charge on any atom is 0.312 e. The van der Waals surface area contributed by atoms with Crippen LogP contribution in [0.2, 0.25) is 0 Å². The van der Waals surface area contributed by atoms with Crippen LogP contribution in [0.3, 0.4) is 0 Å². The molecule has 0 saturated carbocycles. The van der Waals surface area contributed by atoms with Crippen molar-refractivity contribution in [3.05, 3.63) is 35.4 Å². The predicted octanol–water partition coefficient (Wildman–Crippen LogP) is 1.28. The molecule has 0 saturated heterocycles. The fourth-order valence-electron chi connectivity index (χ4n) is 1.36. The number of benzene rings is 1. The van der Waals surface area contributed by atoms with Crippen molar-refractivity contribution in [2.24, 2.45) is 5.73 Å². The van der Waals surface area contributed by atoms with Gasteiger partial charge in [0.1, 0.15) is 6.67 Å². The standard InChI is InChI=1S/C10H12FNO2/c11-5-7-3-1-2-4-8(7)9(6-12)10(13)14/h1-4,9H,5-6,12H2,(H,13,14). The fraction of sp³-hybridized carbons (Fsp3) is 0.300. The molecule has 0 aromatic heterocycles. The van der Waals surface area contributed by atoms with Gasteiger partial charge in [0.05, 0.1) is 5.92 Å². The van der Waals surface area contributed by atoms with Crippen LogP contribution >= 0.6 is 0 Å². The molecule has 0 heterocycles. The molecule has 1 atom stereocenters. The van der Waals surface area contributed by atoms with E-state index in [4.69, 9.17) is 10.8 Å². The summed E-state index contributed by atoms with van der Waals surface area (Å²) in [6.07, 6.45) is 0. The summed E-state index contributed by atoms with van der Waals surface area (Å²) in [4.78, 5) is 10.8. The van der Waals surface area contributed by atoms with E-state index in [9.17, 15) is 9.18 Å². The first-order valence-electron chi connectivity index (χ1n) is 4.27. The number of alkyl halides is 1. The second-order valence-electron chi connectivity index (χ2n) is 2.96. The molecular weight excluding hydrogens is 185 g/mol. The molecule has 14 heavy (non-hydrogen) atoms.